The molecule has 1 saturated heterocycles. The molecule has 1 saturated carbocycles. The van der Waals surface area contributed by atoms with E-state index in [4.69, 9.17) is 17.3 Å². The number of thiocarbonyl (C=S) groups is 1. The number of para-hydroxylation sites is 1. The molecule has 0 radical (unpaired) electrons. The van der Waals surface area contributed by atoms with E-state index in [1.54, 1.807) is 27.8 Å². The number of sulfonamides is 1. The van der Waals surface area contributed by atoms with Crippen LogP contribution in [0.25, 0.3) is 23.0 Å². The molecule has 0 spiro atoms. The predicted molar refractivity (Wildman–Crippen MR) is 147 cm³/mol. The van der Waals surface area contributed by atoms with Crippen LogP contribution in [0.1, 0.15) is 31.2 Å². The minimum absolute atomic E-state index is 0.0701. The Hall–Kier alpha value is -2.79. The van der Waals surface area contributed by atoms with Crippen LogP contribution in [-0.4, -0.2) is 57.8 Å². The average molecular weight is 539 g/mol. The smallest absolute Gasteiger partial charge is 0.266 e. The van der Waals surface area contributed by atoms with Crippen LogP contribution in [0.4, 0.5) is 0 Å². The van der Waals surface area contributed by atoms with Gasteiger partial charge in [-0.3, -0.25) is 9.69 Å². The summed E-state index contributed by atoms with van der Waals surface area (Å²) in [6.07, 6.45) is 7.86. The molecule has 0 N–H and O–H groups in total. The van der Waals surface area contributed by atoms with E-state index in [0.29, 0.717) is 26.0 Å². The largest absolute Gasteiger partial charge is 0.290 e. The number of hydrogen-bond acceptors (Lipinski definition) is 6. The third-order valence-corrected chi connectivity index (χ3v) is 9.59. The third-order valence-electron chi connectivity index (χ3n) is 6.45. The van der Waals surface area contributed by atoms with Gasteiger partial charge in [0.2, 0.25) is 10.0 Å². The summed E-state index contributed by atoms with van der Waals surface area (Å²) in [4.78, 5) is 15.8. The number of aromatic nitrogens is 2. The Morgan fingerprint density at radius 1 is 1.08 bits per heavy atom. The van der Waals surface area contributed by atoms with Gasteiger partial charge in [0.15, 0.2) is 0 Å². The molecule has 2 aliphatic rings. The summed E-state index contributed by atoms with van der Waals surface area (Å²) in [6.45, 7) is 0. The van der Waals surface area contributed by atoms with E-state index >= 15 is 0 Å². The van der Waals surface area contributed by atoms with Crippen molar-refractivity contribution >= 4 is 50.3 Å². The lowest BCUT2D eigenvalue weighted by molar-refractivity contribution is -0.123. The van der Waals surface area contributed by atoms with Crippen molar-refractivity contribution in [3.05, 3.63) is 71.3 Å². The fraction of sp³-hybridized carbons (Fsp3) is 0.269. The van der Waals surface area contributed by atoms with Gasteiger partial charge >= 0.3 is 0 Å². The Morgan fingerprint density at radius 2 is 1.81 bits per heavy atom. The van der Waals surface area contributed by atoms with Crippen LogP contribution >= 0.6 is 24.0 Å². The number of carbonyl (C=O) groups excluding carboxylic acids is 1. The van der Waals surface area contributed by atoms with Crippen LogP contribution in [0.3, 0.4) is 0 Å². The zero-order valence-corrected chi connectivity index (χ0v) is 22.4. The average Bonchev–Trinajstić information content (AvgIpc) is 3.60. The summed E-state index contributed by atoms with van der Waals surface area (Å²) >= 11 is 6.89. The number of amides is 1. The maximum absolute atomic E-state index is 13.3. The second kappa shape index (κ2) is 9.93. The summed E-state index contributed by atoms with van der Waals surface area (Å²) in [7, 11) is -0.612. The Labute approximate surface area is 220 Å². The molecule has 2 fully saturated rings. The highest BCUT2D eigenvalue weighted by atomic mass is 32.2. The van der Waals surface area contributed by atoms with Crippen LogP contribution in [-0.2, 0) is 14.8 Å². The number of carbonyl (C=O) groups is 1. The molecule has 0 unspecified atom stereocenters. The van der Waals surface area contributed by atoms with Gasteiger partial charge in [-0.15, -0.1) is 0 Å². The van der Waals surface area contributed by atoms with Crippen molar-refractivity contribution in [3.8, 4) is 16.9 Å². The molecule has 0 atom stereocenters. The standard InChI is InChI=1S/C26H26N4O3S3/c1-28(2)36(32,33)22-14-8-9-18(15-22)24-19(17-29(27-24)20-10-4-3-5-11-20)16-23-25(31)30(26(34)35-23)21-12-6-7-13-21/h3-5,8-11,14-17,21H,6-7,12-13H2,1-2H3/b23-16+. The molecule has 7 nitrogen and oxygen atoms in total. The van der Waals surface area contributed by atoms with Crippen LogP contribution in [0.15, 0.2) is 70.6 Å². The number of nitrogens with zero attached hydrogens (tertiary/aromatic N) is 4. The van der Waals surface area contributed by atoms with Crippen molar-refractivity contribution in [1.82, 2.24) is 19.0 Å². The van der Waals surface area contributed by atoms with Gasteiger partial charge in [0.1, 0.15) is 10.0 Å². The van der Waals surface area contributed by atoms with Crippen LogP contribution in [0.2, 0.25) is 0 Å². The number of hydrogen-bond donors (Lipinski definition) is 0. The molecule has 1 aliphatic heterocycles. The van der Waals surface area contributed by atoms with E-state index in [9.17, 15) is 13.2 Å². The first-order chi connectivity index (χ1) is 17.3. The normalized spacial score (nSPS) is 18.2. The number of rotatable bonds is 6. The predicted octanol–water partition coefficient (Wildman–Crippen LogP) is 4.93. The third kappa shape index (κ3) is 4.66. The van der Waals surface area contributed by atoms with Gasteiger partial charge in [-0.05, 0) is 43.2 Å². The van der Waals surface area contributed by atoms with Crippen LogP contribution in [0.5, 0.6) is 0 Å². The second-order valence-corrected chi connectivity index (χ2v) is 12.8. The molecule has 36 heavy (non-hydrogen) atoms. The van der Waals surface area contributed by atoms with E-state index in [0.717, 1.165) is 31.4 Å². The monoisotopic (exact) mass is 538 g/mol. The number of thioether (sulfide) groups is 1. The lowest BCUT2D eigenvalue weighted by atomic mass is 10.1. The van der Waals surface area contributed by atoms with Crippen molar-refractivity contribution in [2.24, 2.45) is 0 Å². The van der Waals surface area contributed by atoms with Crippen molar-refractivity contribution in [2.45, 2.75) is 36.6 Å². The first-order valence-electron chi connectivity index (χ1n) is 11.7. The highest BCUT2D eigenvalue weighted by molar-refractivity contribution is 8.26. The summed E-state index contributed by atoms with van der Waals surface area (Å²) in [5, 5.41) is 4.80. The van der Waals surface area contributed by atoms with Crippen molar-refractivity contribution in [2.75, 3.05) is 14.1 Å². The topological polar surface area (TPSA) is 75.5 Å². The molecule has 2 aromatic carbocycles. The van der Waals surface area contributed by atoms with Gasteiger partial charge in [-0.25, -0.2) is 17.4 Å². The van der Waals surface area contributed by atoms with Gasteiger partial charge in [-0.1, -0.05) is 67.2 Å². The fourth-order valence-electron chi connectivity index (χ4n) is 4.54. The van der Waals surface area contributed by atoms with E-state index in [1.807, 2.05) is 48.7 Å². The SMILES string of the molecule is CN(C)S(=O)(=O)c1cccc(-c2nn(-c3ccccc3)cc2/C=C2/SC(=S)N(C3CCCC3)C2=O)c1. The first-order valence-corrected chi connectivity index (χ1v) is 14.4. The maximum atomic E-state index is 13.3. The highest BCUT2D eigenvalue weighted by Crippen LogP contribution is 2.39. The molecular weight excluding hydrogens is 513 g/mol. The Kier molecular flexibility index (Phi) is 6.86. The molecule has 3 aromatic rings. The molecule has 10 heteroatoms. The van der Waals surface area contributed by atoms with Crippen molar-refractivity contribution in [1.29, 1.82) is 0 Å². The molecule has 5 rings (SSSR count). The van der Waals surface area contributed by atoms with Gasteiger partial charge < -0.3 is 0 Å². The van der Waals surface area contributed by atoms with Crippen LogP contribution in [0, 0.1) is 0 Å². The Balaban J connectivity index is 1.60. The molecule has 2 heterocycles. The minimum Gasteiger partial charge on any atom is -0.290 e. The summed E-state index contributed by atoms with van der Waals surface area (Å²) < 4.78 is 29.1. The van der Waals surface area contributed by atoms with E-state index in [2.05, 4.69) is 0 Å². The fourth-order valence-corrected chi connectivity index (χ4v) is 6.88. The second-order valence-electron chi connectivity index (χ2n) is 9.02. The van der Waals surface area contributed by atoms with E-state index < -0.39 is 10.0 Å². The Bertz CT molecular complexity index is 1460. The van der Waals surface area contributed by atoms with Crippen molar-refractivity contribution in [3.63, 3.8) is 0 Å². The van der Waals surface area contributed by atoms with Gasteiger partial charge in [0.25, 0.3) is 5.91 Å². The molecular formula is C26H26N4O3S3. The first kappa shape index (κ1) is 24.9. The molecule has 0 bridgehead atoms. The summed E-state index contributed by atoms with van der Waals surface area (Å²) in [5.74, 6) is -0.0701. The van der Waals surface area contributed by atoms with Crippen molar-refractivity contribution < 1.29 is 13.2 Å². The lowest BCUT2D eigenvalue weighted by Crippen LogP contribution is -2.36. The zero-order chi connectivity index (χ0) is 25.4. The van der Waals surface area contributed by atoms with Gasteiger partial charge in [-0.2, -0.15) is 5.10 Å². The summed E-state index contributed by atoms with van der Waals surface area (Å²) in [5.41, 5.74) is 2.80. The van der Waals surface area contributed by atoms with Crippen LogP contribution < -0.4 is 0 Å². The van der Waals surface area contributed by atoms with E-state index in [-0.39, 0.29) is 16.8 Å². The van der Waals surface area contributed by atoms with Gasteiger partial charge in [0, 0.05) is 37.5 Å². The summed E-state index contributed by atoms with van der Waals surface area (Å²) in [6, 6.07) is 16.5. The molecule has 1 amide bonds. The Morgan fingerprint density at radius 3 is 2.50 bits per heavy atom. The highest BCUT2D eigenvalue weighted by Gasteiger charge is 2.38. The lowest BCUT2D eigenvalue weighted by Gasteiger charge is -2.21. The zero-order valence-electron chi connectivity index (χ0n) is 20.0. The van der Waals surface area contributed by atoms with E-state index in [1.165, 1.54) is 30.2 Å². The van der Waals surface area contributed by atoms with Gasteiger partial charge in [0.05, 0.1) is 15.5 Å². The molecule has 186 valence electrons. The molecule has 1 aliphatic carbocycles. The molecule has 1 aromatic heterocycles. The number of benzene rings is 2. The minimum atomic E-state index is -3.62. The maximum Gasteiger partial charge on any atom is 0.266 e. The quantitative estimate of drug-likeness (QED) is 0.327.